The Morgan fingerprint density at radius 1 is 0.846 bits per heavy atom. The van der Waals surface area contributed by atoms with Crippen molar-refractivity contribution >= 4 is 29.1 Å². The highest BCUT2D eigenvalue weighted by Gasteiger charge is 2.09. The van der Waals surface area contributed by atoms with Gasteiger partial charge in [0.15, 0.2) is 6.29 Å². The number of benzene rings is 3. The number of aldehydes is 1. The number of carbonyl (C=O) groups excluding carboxylic acids is 2. The molecular formula is C30H31N5O4. The molecule has 0 unspecified atom stereocenters. The topological polar surface area (TPSA) is 107 Å². The van der Waals surface area contributed by atoms with E-state index in [1.54, 1.807) is 54.9 Å². The van der Waals surface area contributed by atoms with E-state index in [4.69, 9.17) is 9.47 Å². The van der Waals surface area contributed by atoms with E-state index in [0.29, 0.717) is 34.9 Å². The molecule has 9 nitrogen and oxygen atoms in total. The van der Waals surface area contributed by atoms with Crippen LogP contribution in [0.4, 0.5) is 10.5 Å². The number of hydrogen-bond acceptors (Lipinski definition) is 7. The van der Waals surface area contributed by atoms with Crippen LogP contribution in [0.25, 0.3) is 16.7 Å². The van der Waals surface area contributed by atoms with Crippen LogP contribution in [0.3, 0.4) is 0 Å². The molecule has 5 rings (SSSR count). The first-order valence-corrected chi connectivity index (χ1v) is 12.4. The molecule has 2 N–H and O–H groups in total. The zero-order chi connectivity index (χ0) is 28.0. The molecule has 2 heterocycles. The van der Waals surface area contributed by atoms with E-state index in [2.05, 4.69) is 20.6 Å². The van der Waals surface area contributed by atoms with E-state index in [9.17, 15) is 9.59 Å². The Morgan fingerprint density at radius 3 is 2.23 bits per heavy atom. The van der Waals surface area contributed by atoms with E-state index < -0.39 is 6.09 Å². The Morgan fingerprint density at radius 2 is 1.54 bits per heavy atom. The number of para-hydroxylation sites is 1. The first-order chi connectivity index (χ1) is 19.1. The van der Waals surface area contributed by atoms with Gasteiger partial charge in [-0.15, -0.1) is 0 Å². The highest BCUT2D eigenvalue weighted by atomic mass is 16.6. The van der Waals surface area contributed by atoms with Gasteiger partial charge in [-0.2, -0.15) is 0 Å². The number of carbonyl (C=O) groups is 2. The van der Waals surface area contributed by atoms with Crippen LogP contribution in [0.2, 0.25) is 0 Å². The number of hydrogen-bond donors (Lipinski definition) is 2. The number of amides is 1. The van der Waals surface area contributed by atoms with Gasteiger partial charge in [0.2, 0.25) is 0 Å². The second-order valence-corrected chi connectivity index (χ2v) is 7.78. The smallest absolute Gasteiger partial charge is 0.417 e. The Bertz CT molecular complexity index is 1480. The first kappa shape index (κ1) is 28.5. The molecule has 0 saturated heterocycles. The SMILES string of the molecule is CC.CNC.O=Cc1cc(Oc2ccc3c(c2)ncn3-c2ccc(NC(=O)Oc3ccccc3)cc2)ccn1. The minimum Gasteiger partial charge on any atom is -0.457 e. The van der Waals surface area contributed by atoms with Crippen molar-refractivity contribution in [2.24, 2.45) is 0 Å². The van der Waals surface area contributed by atoms with Crippen molar-refractivity contribution in [3.8, 4) is 22.9 Å². The van der Waals surface area contributed by atoms with E-state index in [1.807, 2.05) is 68.9 Å². The molecule has 0 atom stereocenters. The second-order valence-electron chi connectivity index (χ2n) is 7.78. The van der Waals surface area contributed by atoms with Gasteiger partial charge < -0.3 is 14.8 Å². The highest BCUT2D eigenvalue weighted by molar-refractivity contribution is 5.86. The van der Waals surface area contributed by atoms with Gasteiger partial charge in [0, 0.05) is 29.7 Å². The second kappa shape index (κ2) is 14.7. The summed E-state index contributed by atoms with van der Waals surface area (Å²) in [5.41, 5.74) is 3.42. The Labute approximate surface area is 227 Å². The third-order valence-corrected chi connectivity index (χ3v) is 4.97. The van der Waals surface area contributed by atoms with Crippen molar-refractivity contribution in [1.82, 2.24) is 19.9 Å². The Kier molecular flexibility index (Phi) is 10.7. The third-order valence-electron chi connectivity index (χ3n) is 4.97. The number of rotatable bonds is 6. The number of nitrogens with one attached hydrogen (secondary N) is 2. The molecule has 1 amide bonds. The summed E-state index contributed by atoms with van der Waals surface area (Å²) in [7, 11) is 3.75. The summed E-state index contributed by atoms with van der Waals surface area (Å²) in [5, 5.41) is 5.46. The average molecular weight is 526 g/mol. The van der Waals surface area contributed by atoms with Crippen molar-refractivity contribution < 1.29 is 19.1 Å². The largest absolute Gasteiger partial charge is 0.457 e. The van der Waals surface area contributed by atoms with Crippen LogP contribution in [0.5, 0.6) is 17.2 Å². The zero-order valence-corrected chi connectivity index (χ0v) is 22.3. The highest BCUT2D eigenvalue weighted by Crippen LogP contribution is 2.27. The Hall–Kier alpha value is -5.02. The molecule has 0 radical (unpaired) electrons. The molecule has 0 fully saturated rings. The molecule has 0 spiro atoms. The molecule has 0 bridgehead atoms. The van der Waals surface area contributed by atoms with Crippen molar-refractivity contribution in [3.05, 3.63) is 103 Å². The Balaban J connectivity index is 0.000000787. The maximum atomic E-state index is 12.1. The summed E-state index contributed by atoms with van der Waals surface area (Å²) < 4.78 is 13.0. The van der Waals surface area contributed by atoms with Crippen molar-refractivity contribution in [2.75, 3.05) is 19.4 Å². The molecule has 0 aliphatic carbocycles. The molecule has 0 aliphatic rings. The molecule has 200 valence electrons. The maximum absolute atomic E-state index is 12.1. The quantitative estimate of drug-likeness (QED) is 0.244. The predicted molar refractivity (Wildman–Crippen MR) is 153 cm³/mol. The number of ether oxygens (including phenoxy) is 2. The van der Waals surface area contributed by atoms with Gasteiger partial charge >= 0.3 is 6.09 Å². The number of anilines is 1. The fourth-order valence-corrected chi connectivity index (χ4v) is 3.40. The standard InChI is InChI=1S/C26H18N4O4.C2H7N.C2H6/c31-16-19-14-23(12-13-27-19)33-22-10-11-25-24(15-22)28-17-30(25)20-8-6-18(7-9-20)29-26(32)34-21-4-2-1-3-5-21;1-3-2;1-2/h1-17H,(H,29,32);3H,1-2H3;1-2H3. The van der Waals surface area contributed by atoms with E-state index in [1.165, 1.54) is 6.20 Å². The van der Waals surface area contributed by atoms with Gasteiger partial charge in [0.1, 0.15) is 29.3 Å². The van der Waals surface area contributed by atoms with Crippen LogP contribution < -0.4 is 20.1 Å². The lowest BCUT2D eigenvalue weighted by atomic mass is 10.2. The average Bonchev–Trinajstić information content (AvgIpc) is 3.39. The fourth-order valence-electron chi connectivity index (χ4n) is 3.40. The minimum atomic E-state index is -0.561. The first-order valence-electron chi connectivity index (χ1n) is 12.4. The molecule has 39 heavy (non-hydrogen) atoms. The van der Waals surface area contributed by atoms with Gasteiger partial charge in [-0.1, -0.05) is 32.0 Å². The van der Waals surface area contributed by atoms with Crippen LogP contribution in [0.1, 0.15) is 24.3 Å². The molecule has 2 aromatic heterocycles. The lowest BCUT2D eigenvalue weighted by molar-refractivity contribution is 0.111. The number of pyridine rings is 1. The lowest BCUT2D eigenvalue weighted by Crippen LogP contribution is -2.16. The van der Waals surface area contributed by atoms with Gasteiger partial charge in [-0.05, 0) is 68.7 Å². The molecular weight excluding hydrogens is 494 g/mol. The van der Waals surface area contributed by atoms with Crippen LogP contribution in [0.15, 0.2) is 97.5 Å². The summed E-state index contributed by atoms with van der Waals surface area (Å²) in [6.07, 6.45) is 3.35. The molecule has 5 aromatic rings. The third kappa shape index (κ3) is 7.98. The summed E-state index contributed by atoms with van der Waals surface area (Å²) in [4.78, 5) is 31.4. The number of fused-ring (bicyclic) bond motifs is 1. The lowest BCUT2D eigenvalue weighted by Gasteiger charge is -2.09. The number of nitrogens with zero attached hydrogens (tertiary/aromatic N) is 3. The van der Waals surface area contributed by atoms with Crippen molar-refractivity contribution in [3.63, 3.8) is 0 Å². The molecule has 3 aromatic carbocycles. The van der Waals surface area contributed by atoms with E-state index in [0.717, 1.165) is 16.7 Å². The van der Waals surface area contributed by atoms with Gasteiger partial charge in [-0.3, -0.25) is 19.7 Å². The summed E-state index contributed by atoms with van der Waals surface area (Å²) in [6, 6.07) is 25.0. The number of aromatic nitrogens is 3. The normalized spacial score (nSPS) is 9.85. The van der Waals surface area contributed by atoms with Crippen LogP contribution in [0, 0.1) is 0 Å². The summed E-state index contributed by atoms with van der Waals surface area (Å²) in [5.74, 6) is 1.58. The minimum absolute atomic E-state index is 0.300. The summed E-state index contributed by atoms with van der Waals surface area (Å²) >= 11 is 0. The van der Waals surface area contributed by atoms with Gasteiger partial charge in [-0.25, -0.2) is 9.78 Å². The van der Waals surface area contributed by atoms with Crippen LogP contribution in [-0.2, 0) is 0 Å². The van der Waals surface area contributed by atoms with Crippen LogP contribution in [-0.4, -0.2) is 41.0 Å². The van der Waals surface area contributed by atoms with Crippen LogP contribution >= 0.6 is 0 Å². The van der Waals surface area contributed by atoms with Gasteiger partial charge in [0.05, 0.1) is 11.0 Å². The number of imidazole rings is 1. The fraction of sp³-hybridized carbons (Fsp3) is 0.133. The van der Waals surface area contributed by atoms with Crippen molar-refractivity contribution in [1.29, 1.82) is 0 Å². The monoisotopic (exact) mass is 525 g/mol. The molecule has 0 saturated carbocycles. The van der Waals surface area contributed by atoms with Crippen molar-refractivity contribution in [2.45, 2.75) is 13.8 Å². The maximum Gasteiger partial charge on any atom is 0.417 e. The van der Waals surface area contributed by atoms with E-state index >= 15 is 0 Å². The summed E-state index contributed by atoms with van der Waals surface area (Å²) in [6.45, 7) is 4.00. The molecule has 9 heteroatoms. The predicted octanol–water partition coefficient (Wildman–Crippen LogP) is 6.50. The zero-order valence-electron chi connectivity index (χ0n) is 22.3. The van der Waals surface area contributed by atoms with Gasteiger partial charge in [0.25, 0.3) is 0 Å². The molecule has 0 aliphatic heterocycles. The van der Waals surface area contributed by atoms with E-state index in [-0.39, 0.29) is 0 Å².